The van der Waals surface area contributed by atoms with Crippen molar-refractivity contribution < 1.29 is 37.7 Å². The molecule has 2 heterocycles. The topological polar surface area (TPSA) is 92.1 Å². The summed E-state index contributed by atoms with van der Waals surface area (Å²) >= 11 is 6.43. The van der Waals surface area contributed by atoms with Crippen molar-refractivity contribution in [3.8, 4) is 11.5 Å². The quantitative estimate of drug-likeness (QED) is 0.285. The second-order valence-corrected chi connectivity index (χ2v) is 10.3. The van der Waals surface area contributed by atoms with Gasteiger partial charge >= 0.3 is 5.97 Å². The Morgan fingerprint density at radius 2 is 1.95 bits per heavy atom. The lowest BCUT2D eigenvalue weighted by Crippen LogP contribution is -2.42. The van der Waals surface area contributed by atoms with E-state index in [1.807, 2.05) is 4.90 Å². The van der Waals surface area contributed by atoms with E-state index in [2.05, 4.69) is 4.98 Å². The highest BCUT2D eigenvalue weighted by molar-refractivity contribution is 6.32. The maximum atomic E-state index is 13.8. The van der Waals surface area contributed by atoms with Crippen LogP contribution >= 0.6 is 11.6 Å². The summed E-state index contributed by atoms with van der Waals surface area (Å²) in [6, 6.07) is 6.57. The zero-order chi connectivity index (χ0) is 28.2. The van der Waals surface area contributed by atoms with Gasteiger partial charge in [0.15, 0.2) is 11.6 Å². The Kier molecular flexibility index (Phi) is 9.19. The fourth-order valence-electron chi connectivity index (χ4n) is 5.23. The number of aromatic nitrogens is 1. The van der Waals surface area contributed by atoms with Crippen LogP contribution in [-0.4, -0.2) is 59.4 Å². The third-order valence-corrected chi connectivity index (χ3v) is 7.72. The van der Waals surface area contributed by atoms with Gasteiger partial charge in [0.05, 0.1) is 30.2 Å². The smallest absolute Gasteiger partial charge is 0.303 e. The molecule has 0 bridgehead atoms. The summed E-state index contributed by atoms with van der Waals surface area (Å²) in [7, 11) is 1.54. The molecule has 210 valence electrons. The van der Waals surface area contributed by atoms with Gasteiger partial charge in [-0.3, -0.25) is 14.7 Å². The van der Waals surface area contributed by atoms with E-state index in [0.29, 0.717) is 78.6 Å². The van der Waals surface area contributed by atoms with Crippen LogP contribution in [0.5, 0.6) is 11.5 Å². The van der Waals surface area contributed by atoms with Crippen LogP contribution in [0.4, 0.5) is 13.2 Å². The van der Waals surface area contributed by atoms with Crippen molar-refractivity contribution in [2.45, 2.75) is 38.2 Å². The molecule has 3 aromatic rings. The molecule has 1 saturated heterocycles. The number of likely N-dealkylation sites (tertiary alicyclic amines) is 1. The van der Waals surface area contributed by atoms with E-state index < -0.39 is 40.7 Å². The molecule has 1 aromatic heterocycles. The van der Waals surface area contributed by atoms with Crippen molar-refractivity contribution in [3.63, 3.8) is 0 Å². The van der Waals surface area contributed by atoms with E-state index in [1.54, 1.807) is 25.3 Å². The maximum Gasteiger partial charge on any atom is 0.303 e. The molecule has 2 N–H and O–H groups in total. The molecule has 2 aromatic carbocycles. The van der Waals surface area contributed by atoms with Gasteiger partial charge in [-0.1, -0.05) is 11.6 Å². The molecule has 1 atom stereocenters. The van der Waals surface area contributed by atoms with Gasteiger partial charge in [0, 0.05) is 35.8 Å². The fourth-order valence-corrected chi connectivity index (χ4v) is 5.51. The predicted octanol–water partition coefficient (Wildman–Crippen LogP) is 5.76. The lowest BCUT2D eigenvalue weighted by atomic mass is 9.71. The number of hydrogen-bond donors (Lipinski definition) is 2. The van der Waals surface area contributed by atoms with Crippen molar-refractivity contribution in [1.29, 1.82) is 0 Å². The third kappa shape index (κ3) is 6.93. The Morgan fingerprint density at radius 3 is 2.64 bits per heavy atom. The second kappa shape index (κ2) is 12.4. The number of fused-ring (bicyclic) bond motifs is 1. The number of ether oxygens (including phenoxy) is 2. The molecular weight excluding hydrogens is 537 g/mol. The molecule has 0 spiro atoms. The molecule has 0 aliphatic carbocycles. The first-order valence-corrected chi connectivity index (χ1v) is 13.0. The van der Waals surface area contributed by atoms with Crippen molar-refractivity contribution in [1.82, 2.24) is 9.88 Å². The molecule has 0 radical (unpaired) electrons. The monoisotopic (exact) mass is 566 g/mol. The summed E-state index contributed by atoms with van der Waals surface area (Å²) in [5.41, 5.74) is 0.655. The summed E-state index contributed by atoms with van der Waals surface area (Å²) < 4.78 is 51.2. The van der Waals surface area contributed by atoms with Crippen molar-refractivity contribution in [3.05, 3.63) is 64.6 Å². The van der Waals surface area contributed by atoms with E-state index in [0.717, 1.165) is 6.07 Å². The van der Waals surface area contributed by atoms with E-state index in [9.17, 15) is 28.2 Å². The number of carboxylic acid groups (broad SMARTS) is 1. The lowest BCUT2D eigenvalue weighted by Gasteiger charge is -2.41. The van der Waals surface area contributed by atoms with E-state index in [-0.39, 0.29) is 13.0 Å². The van der Waals surface area contributed by atoms with Crippen molar-refractivity contribution in [2.75, 3.05) is 33.4 Å². The Balaban J connectivity index is 1.39. The minimum Gasteiger partial charge on any atom is -0.497 e. The molecular formula is C28H30ClF3N2O5. The highest BCUT2D eigenvalue weighted by Gasteiger charge is 2.37. The number of halogens is 4. The van der Waals surface area contributed by atoms with E-state index >= 15 is 0 Å². The first-order chi connectivity index (χ1) is 18.6. The molecule has 1 fully saturated rings. The minimum atomic E-state index is -1.32. The van der Waals surface area contributed by atoms with Crippen LogP contribution < -0.4 is 9.47 Å². The van der Waals surface area contributed by atoms with Crippen LogP contribution in [0.2, 0.25) is 5.02 Å². The van der Waals surface area contributed by atoms with Gasteiger partial charge in [0.2, 0.25) is 5.82 Å². The van der Waals surface area contributed by atoms with Crippen LogP contribution in [0.1, 0.15) is 43.8 Å². The summed E-state index contributed by atoms with van der Waals surface area (Å²) in [6.45, 7) is 1.51. The zero-order valence-corrected chi connectivity index (χ0v) is 22.2. The van der Waals surface area contributed by atoms with Gasteiger partial charge in [-0.05, 0) is 62.4 Å². The van der Waals surface area contributed by atoms with Crippen molar-refractivity contribution >= 4 is 28.5 Å². The third-order valence-electron chi connectivity index (χ3n) is 7.42. The average molecular weight is 567 g/mol. The summed E-state index contributed by atoms with van der Waals surface area (Å²) in [5.74, 6) is -4.29. The van der Waals surface area contributed by atoms with Crippen molar-refractivity contribution in [2.24, 2.45) is 5.41 Å². The highest BCUT2D eigenvalue weighted by atomic mass is 35.5. The molecule has 1 aliphatic rings. The lowest BCUT2D eigenvalue weighted by molar-refractivity contribution is -0.141. The van der Waals surface area contributed by atoms with Gasteiger partial charge in [-0.15, -0.1) is 0 Å². The Labute approximate surface area is 229 Å². The number of aliphatic hydroxyl groups excluding tert-OH is 1. The second-order valence-electron chi connectivity index (χ2n) is 9.92. The van der Waals surface area contributed by atoms with Gasteiger partial charge < -0.3 is 19.7 Å². The number of benzene rings is 2. The standard InChI is InChI=1S/C28H30ClF3N2O5/c1-38-18-2-3-22-19(14-18)26(20(29)16-33-22)23(35)4-5-28(15-25(36)37)6-8-34(9-7-28)10-11-39-24-13-17(30)12-21(31)27(24)32/h2-3,12-14,16,23,35H,4-11,15H2,1H3,(H,36,37). The molecule has 7 nitrogen and oxygen atoms in total. The van der Waals surface area contributed by atoms with Crippen LogP contribution in [0.15, 0.2) is 36.5 Å². The number of pyridine rings is 1. The summed E-state index contributed by atoms with van der Waals surface area (Å²) in [5, 5.41) is 21.8. The average Bonchev–Trinajstić information content (AvgIpc) is 2.90. The fraction of sp³-hybridized carbons (Fsp3) is 0.429. The normalized spacial score (nSPS) is 16.3. The summed E-state index contributed by atoms with van der Waals surface area (Å²) in [6.07, 6.45) is 2.40. The molecule has 0 saturated carbocycles. The molecule has 39 heavy (non-hydrogen) atoms. The van der Waals surface area contributed by atoms with Crippen LogP contribution in [0.25, 0.3) is 10.9 Å². The zero-order valence-electron chi connectivity index (χ0n) is 21.4. The number of nitrogens with zero attached hydrogens (tertiary/aromatic N) is 2. The highest BCUT2D eigenvalue weighted by Crippen LogP contribution is 2.43. The van der Waals surface area contributed by atoms with Crippen LogP contribution in [0, 0.1) is 22.9 Å². The SMILES string of the molecule is COc1ccc2ncc(Cl)c(C(O)CCC3(CC(=O)O)CCN(CCOc4cc(F)cc(F)c4F)CC3)c2c1. The molecule has 1 unspecified atom stereocenters. The molecule has 11 heteroatoms. The predicted molar refractivity (Wildman–Crippen MR) is 140 cm³/mol. The number of carboxylic acids is 1. The maximum absolute atomic E-state index is 13.8. The van der Waals surface area contributed by atoms with E-state index in [4.69, 9.17) is 21.1 Å². The molecule has 1 aliphatic heterocycles. The number of hydrogen-bond acceptors (Lipinski definition) is 6. The van der Waals surface area contributed by atoms with Gasteiger partial charge in [-0.25, -0.2) is 8.78 Å². The van der Waals surface area contributed by atoms with E-state index in [1.165, 1.54) is 6.20 Å². The van der Waals surface area contributed by atoms with Crippen LogP contribution in [0.3, 0.4) is 0 Å². The Morgan fingerprint density at radius 1 is 1.21 bits per heavy atom. The van der Waals surface area contributed by atoms with Gasteiger partial charge in [-0.2, -0.15) is 4.39 Å². The number of piperidine rings is 1. The first kappa shape index (κ1) is 28.9. The Bertz CT molecular complexity index is 1330. The number of aliphatic carboxylic acids is 1. The molecule has 4 rings (SSSR count). The van der Waals surface area contributed by atoms with Crippen LogP contribution in [-0.2, 0) is 4.79 Å². The number of carbonyl (C=O) groups is 1. The largest absolute Gasteiger partial charge is 0.497 e. The minimum absolute atomic E-state index is 0.0154. The number of methoxy groups -OCH3 is 1. The van der Waals surface area contributed by atoms with Gasteiger partial charge in [0.25, 0.3) is 0 Å². The first-order valence-electron chi connectivity index (χ1n) is 12.6. The number of aliphatic hydroxyl groups is 1. The summed E-state index contributed by atoms with van der Waals surface area (Å²) in [4.78, 5) is 18.1. The van der Waals surface area contributed by atoms with Gasteiger partial charge in [0.1, 0.15) is 18.2 Å². The molecule has 0 amide bonds. The Hall–Kier alpha value is -3.08. The number of rotatable bonds is 11.